The first-order valence-electron chi connectivity index (χ1n) is 8.81. The van der Waals surface area contributed by atoms with Crippen molar-refractivity contribution in [2.45, 2.75) is 43.7 Å². The van der Waals surface area contributed by atoms with E-state index in [1.807, 2.05) is 12.1 Å². The van der Waals surface area contributed by atoms with E-state index in [1.165, 1.54) is 0 Å². The lowest BCUT2D eigenvalue weighted by Crippen LogP contribution is -2.41. The van der Waals surface area contributed by atoms with Crippen LogP contribution in [0.5, 0.6) is 5.75 Å². The lowest BCUT2D eigenvalue weighted by molar-refractivity contribution is -0.124. The molecule has 1 saturated heterocycles. The monoisotopic (exact) mass is 403 g/mol. The maximum Gasteiger partial charge on any atom is 0.262 e. The standard InChI is InChI=1S/C18H23F2N3O3.ClH/c19-18(20)9-15(22-11-18)17(25)21-8-7-12-1-5-14(6-2-12)26-10-16(24)23-13-3-4-13;/h1-2,5-6,13,15,22H,3-4,7-11H2,(H,21,25)(H,23,24);1H. The Balaban J connectivity index is 0.00000261. The summed E-state index contributed by atoms with van der Waals surface area (Å²) in [7, 11) is 0. The Bertz CT molecular complexity index is 654. The van der Waals surface area contributed by atoms with Crippen molar-refractivity contribution in [2.75, 3.05) is 19.7 Å². The van der Waals surface area contributed by atoms with Gasteiger partial charge in [0.05, 0.1) is 12.6 Å². The molecule has 9 heteroatoms. The average molecular weight is 404 g/mol. The van der Waals surface area contributed by atoms with Gasteiger partial charge in [-0.3, -0.25) is 14.9 Å². The van der Waals surface area contributed by atoms with Gasteiger partial charge in [-0.05, 0) is 37.0 Å². The first-order chi connectivity index (χ1) is 12.4. The van der Waals surface area contributed by atoms with Crippen molar-refractivity contribution in [1.29, 1.82) is 0 Å². The maximum atomic E-state index is 13.1. The summed E-state index contributed by atoms with van der Waals surface area (Å²) in [5.74, 6) is -2.73. The zero-order valence-corrected chi connectivity index (χ0v) is 15.6. The molecule has 6 nitrogen and oxygen atoms in total. The molecule has 1 unspecified atom stereocenters. The van der Waals surface area contributed by atoms with Crippen molar-refractivity contribution in [3.63, 3.8) is 0 Å². The summed E-state index contributed by atoms with van der Waals surface area (Å²) >= 11 is 0. The van der Waals surface area contributed by atoms with Gasteiger partial charge in [0.15, 0.2) is 6.61 Å². The highest BCUT2D eigenvalue weighted by Crippen LogP contribution is 2.25. The Labute approximate surface area is 162 Å². The molecule has 1 aliphatic carbocycles. The number of carbonyl (C=O) groups is 2. The van der Waals surface area contributed by atoms with Gasteiger partial charge >= 0.3 is 0 Å². The van der Waals surface area contributed by atoms with Crippen LogP contribution in [0.3, 0.4) is 0 Å². The Morgan fingerprint density at radius 1 is 1.22 bits per heavy atom. The first-order valence-corrected chi connectivity index (χ1v) is 8.81. The number of hydrogen-bond acceptors (Lipinski definition) is 4. The van der Waals surface area contributed by atoms with Crippen LogP contribution in [0.2, 0.25) is 0 Å². The fraction of sp³-hybridized carbons (Fsp3) is 0.556. The normalized spacial score (nSPS) is 20.4. The molecule has 2 fully saturated rings. The molecule has 1 atom stereocenters. The smallest absolute Gasteiger partial charge is 0.262 e. The van der Waals surface area contributed by atoms with Crippen molar-refractivity contribution >= 4 is 24.2 Å². The predicted octanol–water partition coefficient (Wildman–Crippen LogP) is 1.42. The van der Waals surface area contributed by atoms with Crippen LogP contribution in [0, 0.1) is 0 Å². The van der Waals surface area contributed by atoms with Crippen LogP contribution >= 0.6 is 12.4 Å². The lowest BCUT2D eigenvalue weighted by Gasteiger charge is -2.11. The molecule has 1 heterocycles. The van der Waals surface area contributed by atoms with E-state index in [1.54, 1.807) is 12.1 Å². The van der Waals surface area contributed by atoms with Gasteiger partial charge in [0, 0.05) is 19.0 Å². The minimum absolute atomic E-state index is 0. The molecule has 0 spiro atoms. The molecule has 1 aromatic carbocycles. The fourth-order valence-electron chi connectivity index (χ4n) is 2.75. The Hall–Kier alpha value is -1.93. The van der Waals surface area contributed by atoms with Crippen molar-refractivity contribution in [3.05, 3.63) is 29.8 Å². The van der Waals surface area contributed by atoms with Crippen molar-refractivity contribution in [1.82, 2.24) is 16.0 Å². The number of benzene rings is 1. The second kappa shape index (κ2) is 9.32. The van der Waals surface area contributed by atoms with Gasteiger partial charge in [0.25, 0.3) is 11.8 Å². The van der Waals surface area contributed by atoms with E-state index < -0.39 is 30.8 Å². The SMILES string of the molecule is Cl.O=C(COc1ccc(CCNC(=O)C2CC(F)(F)CN2)cc1)NC1CC1. The van der Waals surface area contributed by atoms with E-state index >= 15 is 0 Å². The van der Waals surface area contributed by atoms with Gasteiger partial charge in [-0.2, -0.15) is 0 Å². The van der Waals surface area contributed by atoms with E-state index in [9.17, 15) is 18.4 Å². The van der Waals surface area contributed by atoms with E-state index in [-0.39, 0.29) is 24.9 Å². The third-order valence-corrected chi connectivity index (χ3v) is 4.37. The minimum atomic E-state index is -2.81. The minimum Gasteiger partial charge on any atom is -0.484 e. The molecule has 2 amide bonds. The van der Waals surface area contributed by atoms with Gasteiger partial charge in [-0.15, -0.1) is 12.4 Å². The molecule has 1 saturated carbocycles. The highest BCUT2D eigenvalue weighted by atomic mass is 35.5. The quantitative estimate of drug-likeness (QED) is 0.613. The molecule has 150 valence electrons. The molecule has 2 aliphatic rings. The van der Waals surface area contributed by atoms with Crippen molar-refractivity contribution in [3.8, 4) is 5.75 Å². The van der Waals surface area contributed by atoms with E-state index in [0.717, 1.165) is 18.4 Å². The van der Waals surface area contributed by atoms with Crippen LogP contribution in [-0.2, 0) is 16.0 Å². The zero-order valence-electron chi connectivity index (χ0n) is 14.8. The Morgan fingerprint density at radius 3 is 2.52 bits per heavy atom. The number of nitrogens with one attached hydrogen (secondary N) is 3. The molecular weight excluding hydrogens is 380 g/mol. The highest BCUT2D eigenvalue weighted by molar-refractivity contribution is 5.85. The van der Waals surface area contributed by atoms with Gasteiger partial charge < -0.3 is 15.4 Å². The molecule has 3 rings (SSSR count). The lowest BCUT2D eigenvalue weighted by atomic mass is 10.1. The summed E-state index contributed by atoms with van der Waals surface area (Å²) in [6.07, 6.45) is 2.20. The topological polar surface area (TPSA) is 79.5 Å². The van der Waals surface area contributed by atoms with E-state index in [0.29, 0.717) is 24.8 Å². The number of rotatable bonds is 8. The maximum absolute atomic E-state index is 13.1. The van der Waals surface area contributed by atoms with Crippen LogP contribution < -0.4 is 20.7 Å². The number of alkyl halides is 2. The number of halogens is 3. The highest BCUT2D eigenvalue weighted by Gasteiger charge is 2.42. The molecule has 27 heavy (non-hydrogen) atoms. The summed E-state index contributed by atoms with van der Waals surface area (Å²) in [5.41, 5.74) is 0.977. The van der Waals surface area contributed by atoms with E-state index in [2.05, 4.69) is 16.0 Å². The summed E-state index contributed by atoms with van der Waals surface area (Å²) in [5, 5.41) is 8.05. The first kappa shape index (κ1) is 21.4. The fourth-order valence-corrected chi connectivity index (χ4v) is 2.75. The summed E-state index contributed by atoms with van der Waals surface area (Å²) in [4.78, 5) is 23.4. The van der Waals surface area contributed by atoms with Crippen LogP contribution in [0.25, 0.3) is 0 Å². The zero-order chi connectivity index (χ0) is 18.6. The second-order valence-electron chi connectivity index (χ2n) is 6.81. The third kappa shape index (κ3) is 6.95. The number of amides is 2. The van der Waals surface area contributed by atoms with Gasteiger partial charge in [-0.25, -0.2) is 8.78 Å². The summed E-state index contributed by atoms with van der Waals surface area (Å²) in [6, 6.07) is 6.71. The van der Waals surface area contributed by atoms with Crippen LogP contribution in [0.4, 0.5) is 8.78 Å². The molecule has 0 bridgehead atoms. The molecule has 1 aromatic rings. The predicted molar refractivity (Wildman–Crippen MR) is 98.4 cm³/mol. The van der Waals surface area contributed by atoms with Crippen molar-refractivity contribution < 1.29 is 23.1 Å². The largest absolute Gasteiger partial charge is 0.484 e. The number of hydrogen-bond donors (Lipinski definition) is 3. The summed E-state index contributed by atoms with van der Waals surface area (Å²) < 4.78 is 31.6. The van der Waals surface area contributed by atoms with Gasteiger partial charge in [0.2, 0.25) is 5.91 Å². The van der Waals surface area contributed by atoms with Crippen molar-refractivity contribution in [2.24, 2.45) is 0 Å². The van der Waals surface area contributed by atoms with Gasteiger partial charge in [0.1, 0.15) is 5.75 Å². The molecule has 0 radical (unpaired) electrons. The van der Waals surface area contributed by atoms with E-state index in [4.69, 9.17) is 4.74 Å². The average Bonchev–Trinajstić information content (AvgIpc) is 3.34. The molecular formula is C18H24ClF2N3O3. The van der Waals surface area contributed by atoms with Crippen LogP contribution in [-0.4, -0.2) is 49.5 Å². The van der Waals surface area contributed by atoms with Crippen LogP contribution in [0.1, 0.15) is 24.8 Å². The van der Waals surface area contributed by atoms with Crippen LogP contribution in [0.15, 0.2) is 24.3 Å². The number of carbonyl (C=O) groups excluding carboxylic acids is 2. The summed E-state index contributed by atoms with van der Waals surface area (Å²) in [6.45, 7) is -0.0945. The Kier molecular flexibility index (Phi) is 7.38. The molecule has 1 aliphatic heterocycles. The second-order valence-corrected chi connectivity index (χ2v) is 6.81. The molecule has 0 aromatic heterocycles. The Morgan fingerprint density at radius 2 is 1.93 bits per heavy atom. The third-order valence-electron chi connectivity index (χ3n) is 4.37. The molecule has 3 N–H and O–H groups in total. The number of ether oxygens (including phenoxy) is 1. The van der Waals surface area contributed by atoms with Gasteiger partial charge in [-0.1, -0.05) is 12.1 Å².